The molecule has 0 spiro atoms. The summed E-state index contributed by atoms with van der Waals surface area (Å²) in [5, 5.41) is 10.5. The van der Waals surface area contributed by atoms with Gasteiger partial charge in [-0.2, -0.15) is 0 Å². The van der Waals surface area contributed by atoms with E-state index in [0.29, 0.717) is 12.0 Å². The summed E-state index contributed by atoms with van der Waals surface area (Å²) in [6.45, 7) is 8.10. The third-order valence-electron chi connectivity index (χ3n) is 5.26. The van der Waals surface area contributed by atoms with Crippen LogP contribution in [0.5, 0.6) is 0 Å². The molecular formula is C17H33NO. The minimum absolute atomic E-state index is 0.0813. The van der Waals surface area contributed by atoms with Crippen LogP contribution < -0.4 is 0 Å². The van der Waals surface area contributed by atoms with Gasteiger partial charge in [-0.15, -0.1) is 0 Å². The summed E-state index contributed by atoms with van der Waals surface area (Å²) in [6.07, 6.45) is 10.2. The first-order chi connectivity index (χ1) is 9.11. The molecule has 19 heavy (non-hydrogen) atoms. The number of hydrogen-bond acceptors (Lipinski definition) is 2. The van der Waals surface area contributed by atoms with Gasteiger partial charge in [-0.25, -0.2) is 0 Å². The van der Waals surface area contributed by atoms with E-state index >= 15 is 0 Å². The molecule has 0 heterocycles. The monoisotopic (exact) mass is 267 g/mol. The molecule has 2 aliphatic rings. The molecular weight excluding hydrogens is 234 g/mol. The Kier molecular flexibility index (Phi) is 5.70. The van der Waals surface area contributed by atoms with E-state index in [1.807, 2.05) is 0 Å². The number of hydrogen-bond donors (Lipinski definition) is 1. The van der Waals surface area contributed by atoms with E-state index in [0.717, 1.165) is 18.4 Å². The van der Waals surface area contributed by atoms with Gasteiger partial charge in [0.05, 0.1) is 6.10 Å². The van der Waals surface area contributed by atoms with E-state index in [1.54, 1.807) is 0 Å². The lowest BCUT2D eigenvalue weighted by molar-refractivity contribution is -0.0212. The lowest BCUT2D eigenvalue weighted by Gasteiger charge is -2.44. The minimum Gasteiger partial charge on any atom is -0.391 e. The lowest BCUT2D eigenvalue weighted by atomic mass is 9.81. The van der Waals surface area contributed by atoms with Crippen molar-refractivity contribution in [2.45, 2.75) is 90.3 Å². The summed E-state index contributed by atoms with van der Waals surface area (Å²) in [5.41, 5.74) is 0. The first-order valence-corrected chi connectivity index (χ1v) is 8.55. The maximum atomic E-state index is 10.5. The van der Waals surface area contributed by atoms with E-state index in [1.165, 1.54) is 51.5 Å². The van der Waals surface area contributed by atoms with Crippen LogP contribution in [0, 0.1) is 11.8 Å². The second-order valence-electron chi connectivity index (χ2n) is 7.25. The van der Waals surface area contributed by atoms with Crippen LogP contribution in [0.15, 0.2) is 0 Å². The normalized spacial score (nSPS) is 33.5. The molecule has 0 bridgehead atoms. The van der Waals surface area contributed by atoms with Crippen molar-refractivity contribution in [2.75, 3.05) is 6.54 Å². The van der Waals surface area contributed by atoms with Crippen LogP contribution >= 0.6 is 0 Å². The Morgan fingerprint density at radius 2 is 1.79 bits per heavy atom. The highest BCUT2D eigenvalue weighted by Gasteiger charge is 2.36. The fraction of sp³-hybridized carbons (Fsp3) is 1.00. The molecule has 112 valence electrons. The van der Waals surface area contributed by atoms with E-state index < -0.39 is 0 Å². The molecule has 0 amide bonds. The maximum Gasteiger partial charge on any atom is 0.0695 e. The number of aliphatic hydroxyl groups excluding tert-OH is 1. The van der Waals surface area contributed by atoms with Gasteiger partial charge in [-0.1, -0.05) is 40.0 Å². The van der Waals surface area contributed by atoms with E-state index in [4.69, 9.17) is 0 Å². The Bertz CT molecular complexity index is 260. The average Bonchev–Trinajstić information content (AvgIpc) is 2.90. The van der Waals surface area contributed by atoms with Crippen molar-refractivity contribution >= 4 is 0 Å². The fourth-order valence-corrected chi connectivity index (χ4v) is 4.16. The fourth-order valence-electron chi connectivity index (χ4n) is 4.16. The van der Waals surface area contributed by atoms with Crippen molar-refractivity contribution in [3.63, 3.8) is 0 Å². The molecule has 0 aromatic carbocycles. The zero-order valence-corrected chi connectivity index (χ0v) is 13.1. The molecule has 2 saturated carbocycles. The van der Waals surface area contributed by atoms with Crippen molar-refractivity contribution in [2.24, 2.45) is 11.8 Å². The van der Waals surface area contributed by atoms with Crippen LogP contribution in [0.1, 0.15) is 72.1 Å². The topological polar surface area (TPSA) is 23.5 Å². The number of aliphatic hydroxyl groups is 1. The van der Waals surface area contributed by atoms with Crippen molar-refractivity contribution in [1.29, 1.82) is 0 Å². The lowest BCUT2D eigenvalue weighted by Crippen LogP contribution is -2.52. The number of rotatable bonds is 5. The van der Waals surface area contributed by atoms with Crippen LogP contribution in [-0.2, 0) is 0 Å². The third-order valence-corrected chi connectivity index (χ3v) is 5.26. The summed E-state index contributed by atoms with van der Waals surface area (Å²) in [5.74, 6) is 1.54. The van der Waals surface area contributed by atoms with Gasteiger partial charge >= 0.3 is 0 Å². The first kappa shape index (κ1) is 15.3. The van der Waals surface area contributed by atoms with Crippen LogP contribution in [0.2, 0.25) is 0 Å². The highest BCUT2D eigenvalue weighted by molar-refractivity contribution is 4.91. The smallest absolute Gasteiger partial charge is 0.0695 e. The highest BCUT2D eigenvalue weighted by Crippen LogP contribution is 2.34. The summed E-state index contributed by atoms with van der Waals surface area (Å²) in [6, 6.07) is 1.18. The molecule has 2 nitrogen and oxygen atoms in total. The van der Waals surface area contributed by atoms with Crippen molar-refractivity contribution < 1.29 is 5.11 Å². The van der Waals surface area contributed by atoms with Crippen LogP contribution in [-0.4, -0.2) is 34.7 Å². The number of nitrogens with zero attached hydrogens (tertiary/aromatic N) is 1. The molecule has 1 N–H and O–H groups in total. The van der Waals surface area contributed by atoms with Gasteiger partial charge < -0.3 is 5.11 Å². The van der Waals surface area contributed by atoms with Crippen LogP contribution in [0.4, 0.5) is 0 Å². The molecule has 0 aromatic heterocycles. The average molecular weight is 267 g/mol. The summed E-state index contributed by atoms with van der Waals surface area (Å²) >= 11 is 0. The van der Waals surface area contributed by atoms with E-state index in [2.05, 4.69) is 25.7 Å². The van der Waals surface area contributed by atoms with Crippen LogP contribution in [0.25, 0.3) is 0 Å². The minimum atomic E-state index is -0.0813. The van der Waals surface area contributed by atoms with Gasteiger partial charge in [-0.3, -0.25) is 4.90 Å². The molecule has 2 fully saturated rings. The molecule has 0 aliphatic heterocycles. The predicted octanol–water partition coefficient (Wildman–Crippen LogP) is 3.83. The Hall–Kier alpha value is -0.0800. The van der Waals surface area contributed by atoms with Crippen molar-refractivity contribution in [1.82, 2.24) is 4.90 Å². The molecule has 3 unspecified atom stereocenters. The van der Waals surface area contributed by atoms with Gasteiger partial charge in [0.2, 0.25) is 0 Å². The predicted molar refractivity (Wildman–Crippen MR) is 81.2 cm³/mol. The van der Waals surface area contributed by atoms with E-state index in [9.17, 15) is 5.11 Å². The molecule has 0 radical (unpaired) electrons. The first-order valence-electron chi connectivity index (χ1n) is 8.55. The Morgan fingerprint density at radius 3 is 2.37 bits per heavy atom. The zero-order valence-electron chi connectivity index (χ0n) is 13.1. The van der Waals surface area contributed by atoms with Gasteiger partial charge in [0.25, 0.3) is 0 Å². The van der Waals surface area contributed by atoms with Gasteiger partial charge in [0, 0.05) is 18.6 Å². The molecule has 0 saturated heterocycles. The van der Waals surface area contributed by atoms with E-state index in [-0.39, 0.29) is 6.10 Å². The zero-order chi connectivity index (χ0) is 13.8. The summed E-state index contributed by atoms with van der Waals surface area (Å²) < 4.78 is 0. The highest BCUT2D eigenvalue weighted by atomic mass is 16.3. The quantitative estimate of drug-likeness (QED) is 0.818. The van der Waals surface area contributed by atoms with Crippen molar-refractivity contribution in [3.05, 3.63) is 0 Å². The molecule has 2 heteroatoms. The Morgan fingerprint density at radius 1 is 1.11 bits per heavy atom. The molecule has 2 rings (SSSR count). The summed E-state index contributed by atoms with van der Waals surface area (Å²) in [4.78, 5) is 2.70. The van der Waals surface area contributed by atoms with Crippen molar-refractivity contribution in [3.8, 4) is 0 Å². The van der Waals surface area contributed by atoms with Gasteiger partial charge in [0.15, 0.2) is 0 Å². The van der Waals surface area contributed by atoms with Gasteiger partial charge in [-0.05, 0) is 43.9 Å². The second kappa shape index (κ2) is 7.08. The Labute approximate surface area is 119 Å². The third kappa shape index (κ3) is 3.95. The molecule has 2 aliphatic carbocycles. The van der Waals surface area contributed by atoms with Crippen LogP contribution in [0.3, 0.4) is 0 Å². The summed E-state index contributed by atoms with van der Waals surface area (Å²) in [7, 11) is 0. The largest absolute Gasteiger partial charge is 0.391 e. The molecule has 3 atom stereocenters. The Balaban J connectivity index is 2.05. The second-order valence-corrected chi connectivity index (χ2v) is 7.25. The maximum absolute atomic E-state index is 10.5. The standard InChI is InChI=1S/C17H33NO/c1-4-14-9-10-17(19)16(11-14)18(12-13(2)3)15-7-5-6-8-15/h13-17,19H,4-12H2,1-3H3. The van der Waals surface area contributed by atoms with Gasteiger partial charge in [0.1, 0.15) is 0 Å². The SMILES string of the molecule is CCC1CCC(O)C(N(CC(C)C)C2CCCC2)C1. The molecule has 0 aromatic rings.